The van der Waals surface area contributed by atoms with E-state index in [0.717, 1.165) is 25.2 Å². The predicted octanol–water partition coefficient (Wildman–Crippen LogP) is 1.75. The molecule has 0 atom stereocenters. The van der Waals surface area contributed by atoms with Gasteiger partial charge in [0.05, 0.1) is 0 Å². The topological polar surface area (TPSA) is 58.4 Å². The molecule has 0 radical (unpaired) electrons. The Bertz CT molecular complexity index is 508. The Morgan fingerprint density at radius 1 is 1.37 bits per heavy atom. The SMILES string of the molecule is CN(CC1(CN)CC1)c1ccc2c(c1)CCC(=O)N2. The van der Waals surface area contributed by atoms with Crippen molar-refractivity contribution in [3.8, 4) is 0 Å². The second-order valence-electron chi connectivity index (χ2n) is 5.95. The second-order valence-corrected chi connectivity index (χ2v) is 5.95. The third-order valence-electron chi connectivity index (χ3n) is 4.39. The number of aryl methyl sites for hydroxylation is 1. The van der Waals surface area contributed by atoms with Crippen molar-refractivity contribution in [2.24, 2.45) is 11.1 Å². The minimum absolute atomic E-state index is 0.119. The van der Waals surface area contributed by atoms with Gasteiger partial charge in [0.25, 0.3) is 0 Å². The highest BCUT2D eigenvalue weighted by molar-refractivity contribution is 5.94. The van der Waals surface area contributed by atoms with E-state index in [1.54, 1.807) is 0 Å². The van der Waals surface area contributed by atoms with Crippen LogP contribution in [0.1, 0.15) is 24.8 Å². The van der Waals surface area contributed by atoms with Gasteiger partial charge in [-0.1, -0.05) is 0 Å². The molecule has 4 nitrogen and oxygen atoms in total. The van der Waals surface area contributed by atoms with E-state index in [-0.39, 0.29) is 5.91 Å². The van der Waals surface area contributed by atoms with Crippen molar-refractivity contribution in [2.75, 3.05) is 30.4 Å². The summed E-state index contributed by atoms with van der Waals surface area (Å²) in [5, 5.41) is 2.92. The minimum atomic E-state index is 0.119. The van der Waals surface area contributed by atoms with Gasteiger partial charge >= 0.3 is 0 Å². The number of hydrogen-bond acceptors (Lipinski definition) is 3. The molecule has 0 saturated heterocycles. The molecular weight excluding hydrogens is 238 g/mol. The summed E-state index contributed by atoms with van der Waals surface area (Å²) in [7, 11) is 2.12. The Morgan fingerprint density at radius 3 is 2.84 bits per heavy atom. The van der Waals surface area contributed by atoms with Crippen molar-refractivity contribution in [2.45, 2.75) is 25.7 Å². The van der Waals surface area contributed by atoms with Gasteiger partial charge in [-0.3, -0.25) is 4.79 Å². The summed E-state index contributed by atoms with van der Waals surface area (Å²) in [4.78, 5) is 13.6. The summed E-state index contributed by atoms with van der Waals surface area (Å²) < 4.78 is 0. The van der Waals surface area contributed by atoms with Crippen LogP contribution in [0.5, 0.6) is 0 Å². The summed E-state index contributed by atoms with van der Waals surface area (Å²) >= 11 is 0. The molecule has 1 amide bonds. The normalized spacial score (nSPS) is 19.6. The van der Waals surface area contributed by atoms with E-state index in [0.29, 0.717) is 11.8 Å². The first kappa shape index (κ1) is 12.5. The van der Waals surface area contributed by atoms with E-state index in [9.17, 15) is 4.79 Å². The molecule has 0 bridgehead atoms. The number of benzene rings is 1. The van der Waals surface area contributed by atoms with Crippen molar-refractivity contribution in [1.82, 2.24) is 0 Å². The minimum Gasteiger partial charge on any atom is -0.374 e. The maximum atomic E-state index is 11.3. The molecule has 1 aliphatic carbocycles. The van der Waals surface area contributed by atoms with Crippen LogP contribution in [0.2, 0.25) is 0 Å². The lowest BCUT2D eigenvalue weighted by Crippen LogP contribution is -2.31. The van der Waals surface area contributed by atoms with Gasteiger partial charge in [0.15, 0.2) is 0 Å². The van der Waals surface area contributed by atoms with Crippen LogP contribution < -0.4 is 16.0 Å². The highest BCUT2D eigenvalue weighted by Crippen LogP contribution is 2.45. The fraction of sp³-hybridized carbons (Fsp3) is 0.533. The van der Waals surface area contributed by atoms with E-state index < -0.39 is 0 Å². The van der Waals surface area contributed by atoms with Crippen LogP contribution in [-0.2, 0) is 11.2 Å². The molecule has 2 aliphatic rings. The lowest BCUT2D eigenvalue weighted by Gasteiger charge is -2.26. The van der Waals surface area contributed by atoms with Crippen LogP contribution in [0.4, 0.5) is 11.4 Å². The van der Waals surface area contributed by atoms with Crippen molar-refractivity contribution >= 4 is 17.3 Å². The van der Waals surface area contributed by atoms with E-state index in [2.05, 4.69) is 29.4 Å². The molecule has 1 saturated carbocycles. The summed E-state index contributed by atoms with van der Waals surface area (Å²) in [5.74, 6) is 0.119. The lowest BCUT2D eigenvalue weighted by atomic mass is 10.0. The Hall–Kier alpha value is -1.55. The van der Waals surface area contributed by atoms with E-state index >= 15 is 0 Å². The number of fused-ring (bicyclic) bond motifs is 1. The third kappa shape index (κ3) is 2.45. The number of anilines is 2. The van der Waals surface area contributed by atoms with Gasteiger partial charge in [-0.15, -0.1) is 0 Å². The number of nitrogens with zero attached hydrogens (tertiary/aromatic N) is 1. The average molecular weight is 259 g/mol. The first-order valence-electron chi connectivity index (χ1n) is 6.96. The molecule has 1 heterocycles. The van der Waals surface area contributed by atoms with Crippen molar-refractivity contribution in [3.05, 3.63) is 23.8 Å². The first-order valence-corrected chi connectivity index (χ1v) is 6.96. The van der Waals surface area contributed by atoms with E-state index in [4.69, 9.17) is 5.73 Å². The number of nitrogens with one attached hydrogen (secondary N) is 1. The van der Waals surface area contributed by atoms with Crippen molar-refractivity contribution in [1.29, 1.82) is 0 Å². The molecule has 19 heavy (non-hydrogen) atoms. The maximum Gasteiger partial charge on any atom is 0.224 e. The molecule has 0 spiro atoms. The highest BCUT2D eigenvalue weighted by Gasteiger charge is 2.42. The fourth-order valence-electron chi connectivity index (χ4n) is 2.81. The molecule has 0 unspecified atom stereocenters. The Balaban J connectivity index is 1.76. The summed E-state index contributed by atoms with van der Waals surface area (Å²) in [6, 6.07) is 6.29. The second kappa shape index (κ2) is 4.53. The predicted molar refractivity (Wildman–Crippen MR) is 77.4 cm³/mol. The summed E-state index contributed by atoms with van der Waals surface area (Å²) in [6.45, 7) is 1.80. The highest BCUT2D eigenvalue weighted by atomic mass is 16.1. The number of carbonyl (C=O) groups excluding carboxylic acids is 1. The van der Waals surface area contributed by atoms with Gasteiger partial charge in [-0.05, 0) is 49.6 Å². The Kier molecular flexibility index (Phi) is 2.97. The number of hydrogen-bond donors (Lipinski definition) is 2. The molecule has 1 aromatic rings. The first-order chi connectivity index (χ1) is 9.12. The van der Waals surface area contributed by atoms with Gasteiger partial charge in [-0.2, -0.15) is 0 Å². The lowest BCUT2D eigenvalue weighted by molar-refractivity contribution is -0.116. The van der Waals surface area contributed by atoms with Crippen molar-refractivity contribution < 1.29 is 4.79 Å². The van der Waals surface area contributed by atoms with Crippen LogP contribution >= 0.6 is 0 Å². The van der Waals surface area contributed by atoms with Crippen molar-refractivity contribution in [3.63, 3.8) is 0 Å². The molecule has 1 aromatic carbocycles. The number of rotatable bonds is 4. The zero-order valence-corrected chi connectivity index (χ0v) is 11.4. The van der Waals surface area contributed by atoms with Crippen LogP contribution in [0.25, 0.3) is 0 Å². The largest absolute Gasteiger partial charge is 0.374 e. The van der Waals surface area contributed by atoms with Crippen LogP contribution in [0, 0.1) is 5.41 Å². The molecule has 102 valence electrons. The average Bonchev–Trinajstić information content (AvgIpc) is 3.18. The molecule has 1 fully saturated rings. The molecule has 3 rings (SSSR count). The van der Waals surface area contributed by atoms with Gasteiger partial charge in [0, 0.05) is 36.8 Å². The molecule has 4 heteroatoms. The smallest absolute Gasteiger partial charge is 0.224 e. The van der Waals surface area contributed by atoms with Gasteiger partial charge in [-0.25, -0.2) is 0 Å². The zero-order chi connectivity index (χ0) is 13.5. The van der Waals surface area contributed by atoms with Crippen LogP contribution in [0.3, 0.4) is 0 Å². The quantitative estimate of drug-likeness (QED) is 0.866. The van der Waals surface area contributed by atoms with Gasteiger partial charge < -0.3 is 16.0 Å². The molecule has 1 aliphatic heterocycles. The monoisotopic (exact) mass is 259 g/mol. The molecule has 0 aromatic heterocycles. The van der Waals surface area contributed by atoms with E-state index in [1.165, 1.54) is 24.1 Å². The summed E-state index contributed by atoms with van der Waals surface area (Å²) in [6.07, 6.45) is 3.92. The number of amides is 1. The zero-order valence-electron chi connectivity index (χ0n) is 11.4. The standard InChI is InChI=1S/C15H21N3O/c1-18(10-15(9-16)6-7-15)12-3-4-13-11(8-12)2-5-14(19)17-13/h3-4,8H,2,5-7,9-10,16H2,1H3,(H,17,19). The Morgan fingerprint density at radius 2 is 2.16 bits per heavy atom. The third-order valence-corrected chi connectivity index (χ3v) is 4.39. The van der Waals surface area contributed by atoms with Crippen LogP contribution in [0.15, 0.2) is 18.2 Å². The van der Waals surface area contributed by atoms with Gasteiger partial charge in [0.2, 0.25) is 5.91 Å². The van der Waals surface area contributed by atoms with E-state index in [1.807, 2.05) is 6.07 Å². The molecular formula is C15H21N3O. The maximum absolute atomic E-state index is 11.3. The van der Waals surface area contributed by atoms with Crippen LogP contribution in [-0.4, -0.2) is 26.0 Å². The molecule has 3 N–H and O–H groups in total. The fourth-order valence-corrected chi connectivity index (χ4v) is 2.81. The number of carbonyl (C=O) groups is 1. The Labute approximate surface area is 114 Å². The van der Waals surface area contributed by atoms with Gasteiger partial charge in [0.1, 0.15) is 0 Å². The summed E-state index contributed by atoms with van der Waals surface area (Å²) in [5.41, 5.74) is 9.61. The number of nitrogens with two attached hydrogens (primary N) is 1.